The molecule has 0 bridgehead atoms. The summed E-state index contributed by atoms with van der Waals surface area (Å²) in [7, 11) is 2.10. The Balaban J connectivity index is 2.30. The lowest BCUT2D eigenvalue weighted by molar-refractivity contribution is 0.872. The van der Waals surface area contributed by atoms with Crippen LogP contribution in [0.1, 0.15) is 27.9 Å². The first-order chi connectivity index (χ1) is 7.56. The zero-order chi connectivity index (χ0) is 11.7. The quantitative estimate of drug-likeness (QED) is 0.719. The molecule has 2 aromatic rings. The largest absolute Gasteiger partial charge is 0.354 e. The fraction of sp³-hybridized carbons (Fsp3) is 0.333. The summed E-state index contributed by atoms with van der Waals surface area (Å²) in [5, 5.41) is 0. The van der Waals surface area contributed by atoms with Crippen LogP contribution in [0.4, 0.5) is 0 Å². The van der Waals surface area contributed by atoms with Gasteiger partial charge in [0.15, 0.2) is 0 Å². The number of aryl methyl sites for hydroxylation is 3. The van der Waals surface area contributed by atoms with E-state index >= 15 is 0 Å². The molecule has 1 heteroatoms. The SMILES string of the molecule is Cc1cc(C)cc(Cc2ccn(C)c2C)c1. The van der Waals surface area contributed by atoms with Gasteiger partial charge in [-0.05, 0) is 44.4 Å². The molecule has 1 heterocycles. The molecule has 0 saturated carbocycles. The van der Waals surface area contributed by atoms with Crippen molar-refractivity contribution < 1.29 is 0 Å². The van der Waals surface area contributed by atoms with E-state index in [9.17, 15) is 0 Å². The molecule has 16 heavy (non-hydrogen) atoms. The Kier molecular flexibility index (Phi) is 2.86. The molecule has 0 fully saturated rings. The van der Waals surface area contributed by atoms with Crippen LogP contribution >= 0.6 is 0 Å². The third-order valence-corrected chi connectivity index (χ3v) is 3.17. The summed E-state index contributed by atoms with van der Waals surface area (Å²) in [5.74, 6) is 0. The number of benzene rings is 1. The minimum atomic E-state index is 1.04. The van der Waals surface area contributed by atoms with Crippen molar-refractivity contribution in [3.8, 4) is 0 Å². The standard InChI is InChI=1S/C15H19N/c1-11-7-12(2)9-14(8-11)10-15-5-6-16(4)13(15)3/h5-9H,10H2,1-4H3. The molecular formula is C15H19N. The van der Waals surface area contributed by atoms with Crippen molar-refractivity contribution in [2.45, 2.75) is 27.2 Å². The minimum Gasteiger partial charge on any atom is -0.354 e. The number of hydrogen-bond acceptors (Lipinski definition) is 0. The zero-order valence-electron chi connectivity index (χ0n) is 10.5. The predicted molar refractivity (Wildman–Crippen MR) is 68.9 cm³/mol. The van der Waals surface area contributed by atoms with E-state index in [4.69, 9.17) is 0 Å². The van der Waals surface area contributed by atoms with E-state index < -0.39 is 0 Å². The van der Waals surface area contributed by atoms with Crippen LogP contribution in [-0.4, -0.2) is 4.57 Å². The monoisotopic (exact) mass is 213 g/mol. The highest BCUT2D eigenvalue weighted by Crippen LogP contribution is 2.16. The maximum absolute atomic E-state index is 2.28. The van der Waals surface area contributed by atoms with Gasteiger partial charge in [-0.15, -0.1) is 0 Å². The van der Waals surface area contributed by atoms with Gasteiger partial charge >= 0.3 is 0 Å². The maximum Gasteiger partial charge on any atom is 0.0176 e. The third kappa shape index (κ3) is 2.19. The third-order valence-electron chi connectivity index (χ3n) is 3.17. The lowest BCUT2D eigenvalue weighted by Crippen LogP contribution is -1.94. The first-order valence-electron chi connectivity index (χ1n) is 5.74. The van der Waals surface area contributed by atoms with Gasteiger partial charge in [0.25, 0.3) is 0 Å². The molecule has 0 aliphatic carbocycles. The fourth-order valence-electron chi connectivity index (χ4n) is 2.24. The number of hydrogen-bond donors (Lipinski definition) is 0. The number of aromatic nitrogens is 1. The Morgan fingerprint density at radius 1 is 1.00 bits per heavy atom. The van der Waals surface area contributed by atoms with Crippen LogP contribution in [0, 0.1) is 20.8 Å². The summed E-state index contributed by atoms with van der Waals surface area (Å²) >= 11 is 0. The summed E-state index contributed by atoms with van der Waals surface area (Å²) in [5.41, 5.74) is 6.89. The van der Waals surface area contributed by atoms with Gasteiger partial charge in [0, 0.05) is 18.9 Å². The Hall–Kier alpha value is -1.50. The molecule has 0 N–H and O–H groups in total. The van der Waals surface area contributed by atoms with E-state index in [-0.39, 0.29) is 0 Å². The molecule has 0 amide bonds. The van der Waals surface area contributed by atoms with E-state index in [0.717, 1.165) is 6.42 Å². The van der Waals surface area contributed by atoms with Crippen molar-refractivity contribution in [1.82, 2.24) is 4.57 Å². The highest BCUT2D eigenvalue weighted by atomic mass is 14.9. The van der Waals surface area contributed by atoms with Crippen molar-refractivity contribution in [1.29, 1.82) is 0 Å². The summed E-state index contributed by atoms with van der Waals surface area (Å²) in [6.45, 7) is 6.50. The number of nitrogens with zero attached hydrogens (tertiary/aromatic N) is 1. The Labute approximate surface area is 97.7 Å². The van der Waals surface area contributed by atoms with Crippen molar-refractivity contribution in [3.05, 3.63) is 58.4 Å². The van der Waals surface area contributed by atoms with E-state index in [1.807, 2.05) is 0 Å². The van der Waals surface area contributed by atoms with Gasteiger partial charge < -0.3 is 4.57 Å². The molecule has 0 radical (unpaired) electrons. The fourth-order valence-corrected chi connectivity index (χ4v) is 2.24. The van der Waals surface area contributed by atoms with Crippen molar-refractivity contribution in [2.24, 2.45) is 7.05 Å². The maximum atomic E-state index is 2.28. The first-order valence-corrected chi connectivity index (χ1v) is 5.74. The van der Waals surface area contributed by atoms with Crippen LogP contribution in [0.3, 0.4) is 0 Å². The Morgan fingerprint density at radius 2 is 1.62 bits per heavy atom. The molecule has 0 aliphatic heterocycles. The molecule has 0 saturated heterocycles. The molecule has 0 unspecified atom stereocenters. The van der Waals surface area contributed by atoms with Crippen LogP contribution in [0.15, 0.2) is 30.5 Å². The van der Waals surface area contributed by atoms with E-state index in [0.29, 0.717) is 0 Å². The molecule has 0 aliphatic rings. The molecule has 1 aromatic carbocycles. The topological polar surface area (TPSA) is 4.93 Å². The van der Waals surface area contributed by atoms with E-state index in [1.54, 1.807) is 0 Å². The summed E-state index contributed by atoms with van der Waals surface area (Å²) in [4.78, 5) is 0. The Morgan fingerprint density at radius 3 is 2.12 bits per heavy atom. The molecular weight excluding hydrogens is 194 g/mol. The van der Waals surface area contributed by atoms with Gasteiger partial charge in [0.05, 0.1) is 0 Å². The molecule has 84 valence electrons. The van der Waals surface area contributed by atoms with Gasteiger partial charge in [-0.1, -0.05) is 29.3 Å². The van der Waals surface area contributed by atoms with Gasteiger partial charge in [0.2, 0.25) is 0 Å². The summed E-state index contributed by atoms with van der Waals surface area (Å²) in [6.07, 6.45) is 3.17. The lowest BCUT2D eigenvalue weighted by Gasteiger charge is -2.05. The van der Waals surface area contributed by atoms with Gasteiger partial charge in [0.1, 0.15) is 0 Å². The molecule has 0 atom stereocenters. The van der Waals surface area contributed by atoms with Crippen LogP contribution in [0.5, 0.6) is 0 Å². The van der Waals surface area contributed by atoms with Gasteiger partial charge in [-0.3, -0.25) is 0 Å². The molecule has 2 rings (SSSR count). The summed E-state index contributed by atoms with van der Waals surface area (Å²) in [6, 6.07) is 8.99. The minimum absolute atomic E-state index is 1.04. The zero-order valence-corrected chi connectivity index (χ0v) is 10.5. The second kappa shape index (κ2) is 4.17. The normalized spacial score (nSPS) is 10.8. The average Bonchev–Trinajstić information content (AvgIpc) is 2.48. The highest BCUT2D eigenvalue weighted by Gasteiger charge is 2.04. The molecule has 1 aromatic heterocycles. The predicted octanol–water partition coefficient (Wildman–Crippen LogP) is 3.54. The second-order valence-corrected chi connectivity index (χ2v) is 4.71. The first kappa shape index (κ1) is 11.0. The average molecular weight is 213 g/mol. The van der Waals surface area contributed by atoms with Gasteiger partial charge in [-0.25, -0.2) is 0 Å². The summed E-state index contributed by atoms with van der Waals surface area (Å²) < 4.78 is 2.18. The van der Waals surface area contributed by atoms with Gasteiger partial charge in [-0.2, -0.15) is 0 Å². The second-order valence-electron chi connectivity index (χ2n) is 4.71. The van der Waals surface area contributed by atoms with Crippen molar-refractivity contribution in [2.75, 3.05) is 0 Å². The molecule has 0 spiro atoms. The van der Waals surface area contributed by atoms with E-state index in [2.05, 4.69) is 62.8 Å². The van der Waals surface area contributed by atoms with Crippen molar-refractivity contribution >= 4 is 0 Å². The van der Waals surface area contributed by atoms with E-state index in [1.165, 1.54) is 27.9 Å². The lowest BCUT2D eigenvalue weighted by atomic mass is 10.0. The van der Waals surface area contributed by atoms with Crippen LogP contribution in [0.25, 0.3) is 0 Å². The smallest absolute Gasteiger partial charge is 0.0176 e. The van der Waals surface area contributed by atoms with Crippen molar-refractivity contribution in [3.63, 3.8) is 0 Å². The number of rotatable bonds is 2. The Bertz CT molecular complexity index is 486. The van der Waals surface area contributed by atoms with Crippen LogP contribution in [0.2, 0.25) is 0 Å². The molecule has 1 nitrogen and oxygen atoms in total. The van der Waals surface area contributed by atoms with Crippen LogP contribution < -0.4 is 0 Å². The van der Waals surface area contributed by atoms with Crippen LogP contribution in [-0.2, 0) is 13.5 Å². The highest BCUT2D eigenvalue weighted by molar-refractivity contribution is 5.34.